The van der Waals surface area contributed by atoms with Gasteiger partial charge in [-0.2, -0.15) is 5.26 Å². The van der Waals surface area contributed by atoms with Gasteiger partial charge in [-0.15, -0.1) is 0 Å². The van der Waals surface area contributed by atoms with Gasteiger partial charge in [-0.05, 0) is 69.4 Å². The summed E-state index contributed by atoms with van der Waals surface area (Å²) in [6.07, 6.45) is 3.06. The van der Waals surface area contributed by atoms with Crippen molar-refractivity contribution >= 4 is 0 Å². The van der Waals surface area contributed by atoms with Gasteiger partial charge in [0.15, 0.2) is 0 Å². The first-order chi connectivity index (χ1) is 16.3. The molecule has 0 N–H and O–H groups in total. The lowest BCUT2D eigenvalue weighted by molar-refractivity contribution is 0.165. The molecule has 0 amide bonds. The van der Waals surface area contributed by atoms with Gasteiger partial charge in [-0.1, -0.05) is 61.9 Å². The minimum Gasteiger partial charge on any atom is -0.308 e. The minimum atomic E-state index is 0.110. The average Bonchev–Trinajstić information content (AvgIpc) is 2.83. The van der Waals surface area contributed by atoms with E-state index in [1.807, 2.05) is 47.0 Å². The van der Waals surface area contributed by atoms with Crippen LogP contribution in [0, 0.1) is 11.3 Å². The number of aromatic nitrogens is 1. The molecule has 0 aliphatic carbocycles. The zero-order chi connectivity index (χ0) is 24.7. The number of nitrogens with zero attached hydrogens (tertiary/aromatic N) is 3. The van der Waals surface area contributed by atoms with E-state index in [1.54, 1.807) is 0 Å². The van der Waals surface area contributed by atoms with E-state index < -0.39 is 0 Å². The summed E-state index contributed by atoms with van der Waals surface area (Å²) in [7, 11) is 0. The summed E-state index contributed by atoms with van der Waals surface area (Å²) in [5.74, 6) is 0. The lowest BCUT2D eigenvalue weighted by Gasteiger charge is -2.30. The van der Waals surface area contributed by atoms with Crippen LogP contribution in [-0.4, -0.2) is 21.6 Å². The second-order valence-electron chi connectivity index (χ2n) is 9.56. The monoisotopic (exact) mass is 455 g/mol. The quantitative estimate of drug-likeness (QED) is 0.355. The lowest BCUT2D eigenvalue weighted by atomic mass is 9.99. The Balaban J connectivity index is 1.94. The first kappa shape index (κ1) is 25.5. The second kappa shape index (κ2) is 11.8. The number of hydrogen-bond donors (Lipinski definition) is 0. The van der Waals surface area contributed by atoms with Crippen LogP contribution in [0.4, 0.5) is 0 Å². The van der Waals surface area contributed by atoms with Crippen LogP contribution < -0.4 is 5.56 Å². The molecule has 0 aliphatic rings. The SMILES string of the molecule is CCCCc1ccc(CN(C(C)C)C(C)C)c(=O)n1Cc1ccc(-c2ccccc2C#N)cc1. The van der Waals surface area contributed by atoms with Crippen LogP contribution in [0.25, 0.3) is 11.1 Å². The Morgan fingerprint density at radius 2 is 1.62 bits per heavy atom. The van der Waals surface area contributed by atoms with Crippen molar-refractivity contribution in [2.45, 2.75) is 79.1 Å². The van der Waals surface area contributed by atoms with Crippen LogP contribution in [-0.2, 0) is 19.5 Å². The molecular formula is C30H37N3O. The lowest BCUT2D eigenvalue weighted by Crippen LogP contribution is -2.39. The molecule has 0 saturated heterocycles. The maximum Gasteiger partial charge on any atom is 0.255 e. The van der Waals surface area contributed by atoms with Crippen molar-refractivity contribution in [1.29, 1.82) is 5.26 Å². The number of unbranched alkanes of at least 4 members (excludes halogenated alkanes) is 1. The Labute approximate surface area is 204 Å². The van der Waals surface area contributed by atoms with E-state index in [9.17, 15) is 10.1 Å². The molecule has 0 saturated carbocycles. The molecule has 1 heterocycles. The Morgan fingerprint density at radius 1 is 0.941 bits per heavy atom. The van der Waals surface area contributed by atoms with Gasteiger partial charge < -0.3 is 4.57 Å². The third-order valence-electron chi connectivity index (χ3n) is 6.46. The number of hydrogen-bond acceptors (Lipinski definition) is 3. The molecule has 0 bridgehead atoms. The summed E-state index contributed by atoms with van der Waals surface area (Å²) in [5.41, 5.74) is 5.75. The number of nitriles is 1. The molecule has 0 atom stereocenters. The van der Waals surface area contributed by atoms with Crippen LogP contribution >= 0.6 is 0 Å². The minimum absolute atomic E-state index is 0.110. The summed E-state index contributed by atoms with van der Waals surface area (Å²) in [6, 6.07) is 23.1. The molecule has 3 aromatic rings. The zero-order valence-corrected chi connectivity index (χ0v) is 21.2. The Kier molecular flexibility index (Phi) is 8.85. The van der Waals surface area contributed by atoms with Crippen molar-refractivity contribution < 1.29 is 0 Å². The fourth-order valence-electron chi connectivity index (χ4n) is 4.49. The van der Waals surface area contributed by atoms with Crippen LogP contribution in [0.15, 0.2) is 65.5 Å². The van der Waals surface area contributed by atoms with E-state index in [0.29, 0.717) is 30.7 Å². The van der Waals surface area contributed by atoms with E-state index in [2.05, 4.69) is 63.8 Å². The van der Waals surface area contributed by atoms with Crippen molar-refractivity contribution in [2.75, 3.05) is 0 Å². The molecule has 2 aromatic carbocycles. The van der Waals surface area contributed by atoms with Crippen molar-refractivity contribution in [1.82, 2.24) is 9.47 Å². The van der Waals surface area contributed by atoms with Gasteiger partial charge in [0.25, 0.3) is 5.56 Å². The van der Waals surface area contributed by atoms with E-state index in [0.717, 1.165) is 47.2 Å². The van der Waals surface area contributed by atoms with Gasteiger partial charge in [0.05, 0.1) is 18.2 Å². The van der Waals surface area contributed by atoms with Crippen LogP contribution in [0.5, 0.6) is 0 Å². The summed E-state index contributed by atoms with van der Waals surface area (Å²) in [4.78, 5) is 16.0. The molecule has 0 fully saturated rings. The van der Waals surface area contributed by atoms with E-state index >= 15 is 0 Å². The predicted molar refractivity (Wildman–Crippen MR) is 141 cm³/mol. The Bertz CT molecular complexity index is 1170. The third-order valence-corrected chi connectivity index (χ3v) is 6.46. The first-order valence-electron chi connectivity index (χ1n) is 12.4. The summed E-state index contributed by atoms with van der Waals surface area (Å²) < 4.78 is 1.96. The third kappa shape index (κ3) is 6.04. The normalized spacial score (nSPS) is 11.4. The molecule has 0 aliphatic heterocycles. The first-order valence-corrected chi connectivity index (χ1v) is 12.4. The molecule has 34 heavy (non-hydrogen) atoms. The van der Waals surface area contributed by atoms with E-state index in [1.165, 1.54) is 0 Å². The molecule has 1 aromatic heterocycles. The van der Waals surface area contributed by atoms with Gasteiger partial charge in [-0.25, -0.2) is 0 Å². The molecule has 0 unspecified atom stereocenters. The van der Waals surface area contributed by atoms with Crippen molar-refractivity contribution in [3.8, 4) is 17.2 Å². The van der Waals surface area contributed by atoms with Crippen molar-refractivity contribution in [3.05, 3.63) is 93.4 Å². The van der Waals surface area contributed by atoms with Crippen LogP contribution in [0.2, 0.25) is 0 Å². The molecule has 4 nitrogen and oxygen atoms in total. The summed E-state index contributed by atoms with van der Waals surface area (Å²) in [5, 5.41) is 9.43. The standard InChI is InChI=1S/C30H37N3O/c1-6-7-11-28-18-17-27(21-32(22(2)3)23(4)5)30(34)33(28)20-24-13-15-25(16-14-24)29-12-9-8-10-26(29)19-31/h8-10,12-18,22-23H,6-7,11,20-21H2,1-5H3. The summed E-state index contributed by atoms with van der Waals surface area (Å²) >= 11 is 0. The Hall–Kier alpha value is -3.16. The number of benzene rings is 2. The Morgan fingerprint density at radius 3 is 2.24 bits per heavy atom. The summed E-state index contributed by atoms with van der Waals surface area (Å²) in [6.45, 7) is 12.1. The average molecular weight is 456 g/mol. The zero-order valence-electron chi connectivity index (χ0n) is 21.2. The number of aryl methyl sites for hydroxylation is 1. The van der Waals surface area contributed by atoms with E-state index in [-0.39, 0.29) is 5.56 Å². The highest BCUT2D eigenvalue weighted by atomic mass is 16.1. The number of rotatable bonds is 10. The molecule has 0 spiro atoms. The smallest absolute Gasteiger partial charge is 0.255 e. The molecule has 0 radical (unpaired) electrons. The van der Waals surface area contributed by atoms with Gasteiger partial charge >= 0.3 is 0 Å². The fraction of sp³-hybridized carbons (Fsp3) is 0.400. The molecule has 178 valence electrons. The van der Waals surface area contributed by atoms with E-state index in [4.69, 9.17) is 0 Å². The highest BCUT2D eigenvalue weighted by molar-refractivity contribution is 5.70. The van der Waals surface area contributed by atoms with Gasteiger partial charge in [0.2, 0.25) is 0 Å². The fourth-order valence-corrected chi connectivity index (χ4v) is 4.49. The second-order valence-corrected chi connectivity index (χ2v) is 9.56. The predicted octanol–water partition coefficient (Wildman–Crippen LogP) is 6.40. The van der Waals surface area contributed by atoms with Crippen molar-refractivity contribution in [2.24, 2.45) is 0 Å². The van der Waals surface area contributed by atoms with Crippen molar-refractivity contribution in [3.63, 3.8) is 0 Å². The molecular weight excluding hydrogens is 418 g/mol. The van der Waals surface area contributed by atoms with Gasteiger partial charge in [-0.3, -0.25) is 9.69 Å². The maximum absolute atomic E-state index is 13.6. The molecule has 3 rings (SSSR count). The highest BCUT2D eigenvalue weighted by Gasteiger charge is 2.17. The highest BCUT2D eigenvalue weighted by Crippen LogP contribution is 2.24. The largest absolute Gasteiger partial charge is 0.308 e. The van der Waals surface area contributed by atoms with Gasteiger partial charge in [0, 0.05) is 29.9 Å². The number of pyridine rings is 1. The van der Waals surface area contributed by atoms with Crippen LogP contribution in [0.3, 0.4) is 0 Å². The van der Waals surface area contributed by atoms with Gasteiger partial charge in [0.1, 0.15) is 0 Å². The van der Waals surface area contributed by atoms with Crippen LogP contribution in [0.1, 0.15) is 69.8 Å². The topological polar surface area (TPSA) is 49.0 Å². The molecule has 4 heteroatoms. The maximum atomic E-state index is 13.6.